The molecule has 8 heteroatoms. The Balaban J connectivity index is 1.73. The van der Waals surface area contributed by atoms with Crippen LogP contribution >= 0.6 is 11.8 Å². The van der Waals surface area contributed by atoms with Crippen LogP contribution in [0.2, 0.25) is 0 Å². The molecule has 0 spiro atoms. The molecule has 0 aliphatic carbocycles. The summed E-state index contributed by atoms with van der Waals surface area (Å²) in [6.45, 7) is 0.427. The number of alkyl halides is 3. The molecule has 1 saturated heterocycles. The van der Waals surface area contributed by atoms with E-state index in [4.69, 9.17) is 0 Å². The van der Waals surface area contributed by atoms with Gasteiger partial charge in [-0.05, 0) is 30.3 Å². The van der Waals surface area contributed by atoms with E-state index in [1.165, 1.54) is 34.9 Å². The number of rotatable bonds is 2. The maximum Gasteiger partial charge on any atom is 0.416 e. The molecule has 1 atom stereocenters. The minimum atomic E-state index is -4.43. The highest BCUT2D eigenvalue weighted by Gasteiger charge is 2.33. The summed E-state index contributed by atoms with van der Waals surface area (Å²) < 4.78 is 51.7. The molecule has 0 radical (unpaired) electrons. The standard InChI is InChI=1S/C17H14F4N2OS/c18-14-4-2-1-3-13(14)15-23(9-10-25-15)16(24)22-12-7-5-11(6-8-12)17(19,20)21/h1-8,15H,9-10H2,(H,22,24)/t15-/m0/s1. The number of halogens is 4. The molecule has 0 saturated carbocycles. The number of amides is 2. The van der Waals surface area contributed by atoms with Crippen molar-refractivity contribution < 1.29 is 22.4 Å². The molecule has 1 N–H and O–H groups in total. The van der Waals surface area contributed by atoms with Crippen molar-refractivity contribution >= 4 is 23.5 Å². The second-order valence-corrected chi connectivity index (χ2v) is 6.63. The first kappa shape index (κ1) is 17.6. The van der Waals surface area contributed by atoms with Crippen LogP contribution in [-0.4, -0.2) is 23.2 Å². The zero-order valence-electron chi connectivity index (χ0n) is 12.9. The van der Waals surface area contributed by atoms with Crippen LogP contribution in [0, 0.1) is 5.82 Å². The first-order valence-corrected chi connectivity index (χ1v) is 8.52. The molecule has 1 heterocycles. The van der Waals surface area contributed by atoms with E-state index >= 15 is 0 Å². The second kappa shape index (κ2) is 6.95. The third-order valence-corrected chi connectivity index (χ3v) is 5.03. The lowest BCUT2D eigenvalue weighted by atomic mass is 10.2. The third kappa shape index (κ3) is 3.89. The van der Waals surface area contributed by atoms with Crippen LogP contribution in [-0.2, 0) is 6.18 Å². The van der Waals surface area contributed by atoms with Crippen molar-refractivity contribution in [3.63, 3.8) is 0 Å². The molecule has 3 nitrogen and oxygen atoms in total. The minimum Gasteiger partial charge on any atom is -0.308 e. The van der Waals surface area contributed by atoms with Gasteiger partial charge in [0.2, 0.25) is 0 Å². The smallest absolute Gasteiger partial charge is 0.308 e. The van der Waals surface area contributed by atoms with Crippen molar-refractivity contribution in [3.8, 4) is 0 Å². The summed E-state index contributed by atoms with van der Waals surface area (Å²) in [7, 11) is 0. The van der Waals surface area contributed by atoms with Gasteiger partial charge in [0, 0.05) is 23.5 Å². The van der Waals surface area contributed by atoms with Crippen molar-refractivity contribution in [2.24, 2.45) is 0 Å². The van der Waals surface area contributed by atoms with Gasteiger partial charge in [0.1, 0.15) is 11.2 Å². The highest BCUT2D eigenvalue weighted by molar-refractivity contribution is 7.99. The summed E-state index contributed by atoms with van der Waals surface area (Å²) in [6.07, 6.45) is -4.43. The Bertz CT molecular complexity index is 764. The highest BCUT2D eigenvalue weighted by Crippen LogP contribution is 2.39. The molecule has 1 aliphatic rings. The van der Waals surface area contributed by atoms with Gasteiger partial charge in [0.15, 0.2) is 0 Å². The lowest BCUT2D eigenvalue weighted by molar-refractivity contribution is -0.137. The van der Waals surface area contributed by atoms with Crippen LogP contribution in [0.1, 0.15) is 16.5 Å². The number of hydrogen-bond donors (Lipinski definition) is 1. The Hall–Kier alpha value is -2.22. The van der Waals surface area contributed by atoms with Crippen molar-refractivity contribution in [1.82, 2.24) is 4.90 Å². The monoisotopic (exact) mass is 370 g/mol. The molecule has 0 aromatic heterocycles. The zero-order valence-corrected chi connectivity index (χ0v) is 13.7. The number of benzene rings is 2. The predicted octanol–water partition coefficient (Wildman–Crippen LogP) is 5.12. The number of carbonyl (C=O) groups excluding carboxylic acids is 1. The largest absolute Gasteiger partial charge is 0.416 e. The molecule has 0 bridgehead atoms. The molecular formula is C17H14F4N2OS. The maximum absolute atomic E-state index is 14.0. The molecular weight excluding hydrogens is 356 g/mol. The van der Waals surface area contributed by atoms with Crippen LogP contribution in [0.5, 0.6) is 0 Å². The van der Waals surface area contributed by atoms with Crippen molar-refractivity contribution in [2.45, 2.75) is 11.6 Å². The summed E-state index contributed by atoms with van der Waals surface area (Å²) in [6, 6.07) is 9.96. The molecule has 3 rings (SSSR count). The molecule has 2 aromatic carbocycles. The van der Waals surface area contributed by atoms with Gasteiger partial charge in [0.05, 0.1) is 5.56 Å². The van der Waals surface area contributed by atoms with Crippen molar-refractivity contribution in [2.75, 3.05) is 17.6 Å². The molecule has 0 unspecified atom stereocenters. The Morgan fingerprint density at radius 2 is 1.80 bits per heavy atom. The van der Waals surface area contributed by atoms with Crippen LogP contribution in [0.25, 0.3) is 0 Å². The summed E-state index contributed by atoms with van der Waals surface area (Å²) in [5.41, 5.74) is -0.124. The molecule has 25 heavy (non-hydrogen) atoms. The van der Waals surface area contributed by atoms with E-state index in [9.17, 15) is 22.4 Å². The first-order chi connectivity index (χ1) is 11.9. The fourth-order valence-electron chi connectivity index (χ4n) is 2.55. The van der Waals surface area contributed by atoms with Gasteiger partial charge in [-0.15, -0.1) is 11.8 Å². The average Bonchev–Trinajstić information content (AvgIpc) is 3.04. The SMILES string of the molecule is O=C(Nc1ccc(C(F)(F)F)cc1)N1CCS[C@H]1c1ccccc1F. The van der Waals surface area contributed by atoms with Crippen LogP contribution in [0.15, 0.2) is 48.5 Å². The number of urea groups is 1. The van der Waals surface area contributed by atoms with E-state index in [0.29, 0.717) is 17.9 Å². The van der Waals surface area contributed by atoms with Gasteiger partial charge in [-0.25, -0.2) is 9.18 Å². The van der Waals surface area contributed by atoms with E-state index in [2.05, 4.69) is 5.32 Å². The van der Waals surface area contributed by atoms with Gasteiger partial charge in [-0.1, -0.05) is 18.2 Å². The Labute approximate surface area is 146 Å². The number of anilines is 1. The van der Waals surface area contributed by atoms with E-state index in [1.54, 1.807) is 18.2 Å². The van der Waals surface area contributed by atoms with Gasteiger partial charge < -0.3 is 10.2 Å². The Morgan fingerprint density at radius 1 is 1.12 bits per heavy atom. The summed E-state index contributed by atoms with van der Waals surface area (Å²) >= 11 is 1.44. The van der Waals surface area contributed by atoms with E-state index in [1.807, 2.05) is 0 Å². The molecule has 1 fully saturated rings. The van der Waals surface area contributed by atoms with Crippen LogP contribution < -0.4 is 5.32 Å². The number of thioether (sulfide) groups is 1. The molecule has 1 aliphatic heterocycles. The maximum atomic E-state index is 14.0. The van der Waals surface area contributed by atoms with Crippen molar-refractivity contribution in [3.05, 3.63) is 65.5 Å². The fraction of sp³-hybridized carbons (Fsp3) is 0.235. The minimum absolute atomic E-state index is 0.252. The van der Waals surface area contributed by atoms with Gasteiger partial charge in [-0.3, -0.25) is 0 Å². The van der Waals surface area contributed by atoms with E-state index in [-0.39, 0.29) is 5.69 Å². The lowest BCUT2D eigenvalue weighted by Gasteiger charge is -2.24. The average molecular weight is 370 g/mol. The van der Waals surface area contributed by atoms with E-state index in [0.717, 1.165) is 12.1 Å². The molecule has 2 amide bonds. The van der Waals surface area contributed by atoms with E-state index < -0.39 is 29.0 Å². The zero-order chi connectivity index (χ0) is 18.0. The van der Waals surface area contributed by atoms with Gasteiger partial charge in [-0.2, -0.15) is 13.2 Å². The quantitative estimate of drug-likeness (QED) is 0.744. The highest BCUT2D eigenvalue weighted by atomic mass is 32.2. The number of carbonyl (C=O) groups is 1. The van der Waals surface area contributed by atoms with Crippen molar-refractivity contribution in [1.29, 1.82) is 0 Å². The van der Waals surface area contributed by atoms with Gasteiger partial charge in [0.25, 0.3) is 0 Å². The normalized spacial score (nSPS) is 17.6. The number of nitrogens with zero attached hydrogens (tertiary/aromatic N) is 1. The summed E-state index contributed by atoms with van der Waals surface area (Å²) in [5.74, 6) is 0.258. The third-order valence-electron chi connectivity index (χ3n) is 3.79. The van der Waals surface area contributed by atoms with Gasteiger partial charge >= 0.3 is 12.2 Å². The topological polar surface area (TPSA) is 32.3 Å². The van der Waals surface area contributed by atoms with Crippen LogP contribution in [0.3, 0.4) is 0 Å². The first-order valence-electron chi connectivity index (χ1n) is 7.47. The Morgan fingerprint density at radius 3 is 2.44 bits per heavy atom. The number of hydrogen-bond acceptors (Lipinski definition) is 2. The molecule has 132 valence electrons. The van der Waals surface area contributed by atoms with Crippen LogP contribution in [0.4, 0.5) is 28.0 Å². The number of nitrogens with one attached hydrogen (secondary N) is 1. The summed E-state index contributed by atoms with van der Waals surface area (Å²) in [4.78, 5) is 13.9. The lowest BCUT2D eigenvalue weighted by Crippen LogP contribution is -2.34. The fourth-order valence-corrected chi connectivity index (χ4v) is 3.83. The predicted molar refractivity (Wildman–Crippen MR) is 88.8 cm³/mol. The molecule has 2 aromatic rings. The second-order valence-electron chi connectivity index (χ2n) is 5.44. The summed E-state index contributed by atoms with van der Waals surface area (Å²) in [5, 5.41) is 2.10. The Kier molecular flexibility index (Phi) is 4.89.